The van der Waals surface area contributed by atoms with Crippen molar-refractivity contribution in [2.75, 3.05) is 18.4 Å². The zero-order valence-electron chi connectivity index (χ0n) is 14.3. The Hall–Kier alpha value is -2.83. The SMILES string of the molecule is CC1CCCN(C(=O)c2cncc(C(=O)Nc3c(F)cccc3F)c2)C1. The smallest absolute Gasteiger partial charge is 0.257 e. The fraction of sp³-hybridized carbons (Fsp3) is 0.316. The van der Waals surface area contributed by atoms with Crippen molar-refractivity contribution in [3.8, 4) is 0 Å². The van der Waals surface area contributed by atoms with Crippen LogP contribution in [0.1, 0.15) is 40.5 Å². The highest BCUT2D eigenvalue weighted by Gasteiger charge is 2.23. The van der Waals surface area contributed by atoms with E-state index >= 15 is 0 Å². The van der Waals surface area contributed by atoms with Gasteiger partial charge in [0.15, 0.2) is 0 Å². The molecule has 0 aliphatic carbocycles. The molecule has 2 aromatic rings. The summed E-state index contributed by atoms with van der Waals surface area (Å²) in [4.78, 5) is 30.6. The Kier molecular flexibility index (Phi) is 5.25. The molecule has 1 unspecified atom stereocenters. The molecule has 26 heavy (non-hydrogen) atoms. The summed E-state index contributed by atoms with van der Waals surface area (Å²) in [6, 6.07) is 4.70. The molecule has 1 N–H and O–H groups in total. The number of likely N-dealkylation sites (tertiary alicyclic amines) is 1. The Balaban J connectivity index is 1.78. The predicted molar refractivity (Wildman–Crippen MR) is 92.8 cm³/mol. The van der Waals surface area contributed by atoms with Crippen LogP contribution < -0.4 is 5.32 Å². The van der Waals surface area contributed by atoms with Crippen LogP contribution in [0.3, 0.4) is 0 Å². The van der Waals surface area contributed by atoms with E-state index in [2.05, 4.69) is 17.2 Å². The molecular weight excluding hydrogens is 340 g/mol. The third-order valence-electron chi connectivity index (χ3n) is 4.39. The van der Waals surface area contributed by atoms with E-state index in [-0.39, 0.29) is 17.0 Å². The van der Waals surface area contributed by atoms with Crippen molar-refractivity contribution < 1.29 is 18.4 Å². The number of piperidine rings is 1. The van der Waals surface area contributed by atoms with E-state index in [1.54, 1.807) is 4.90 Å². The summed E-state index contributed by atoms with van der Waals surface area (Å²) >= 11 is 0. The van der Waals surface area contributed by atoms with Crippen molar-refractivity contribution in [1.82, 2.24) is 9.88 Å². The van der Waals surface area contributed by atoms with Gasteiger partial charge in [-0.3, -0.25) is 14.6 Å². The minimum atomic E-state index is -0.874. The van der Waals surface area contributed by atoms with Gasteiger partial charge in [-0.15, -0.1) is 0 Å². The highest BCUT2D eigenvalue weighted by Crippen LogP contribution is 2.20. The molecule has 7 heteroatoms. The van der Waals surface area contributed by atoms with Crippen LogP contribution in [0.5, 0.6) is 0 Å². The number of hydrogen-bond donors (Lipinski definition) is 1. The molecule has 3 rings (SSSR count). The topological polar surface area (TPSA) is 62.3 Å². The predicted octanol–water partition coefficient (Wildman–Crippen LogP) is 3.48. The lowest BCUT2D eigenvalue weighted by atomic mass is 9.99. The van der Waals surface area contributed by atoms with Crippen molar-refractivity contribution in [3.05, 3.63) is 59.4 Å². The van der Waals surface area contributed by atoms with E-state index in [9.17, 15) is 18.4 Å². The Morgan fingerprint density at radius 3 is 2.58 bits per heavy atom. The number of amides is 2. The summed E-state index contributed by atoms with van der Waals surface area (Å²) in [7, 11) is 0. The number of hydrogen-bond acceptors (Lipinski definition) is 3. The number of nitrogens with one attached hydrogen (secondary N) is 1. The third-order valence-corrected chi connectivity index (χ3v) is 4.39. The molecule has 1 aromatic heterocycles. The molecule has 1 saturated heterocycles. The van der Waals surface area contributed by atoms with Crippen LogP contribution in [-0.2, 0) is 0 Å². The van der Waals surface area contributed by atoms with Crippen molar-refractivity contribution in [2.45, 2.75) is 19.8 Å². The summed E-state index contributed by atoms with van der Waals surface area (Å²) in [6.07, 6.45) is 4.66. The van der Waals surface area contributed by atoms with E-state index in [1.165, 1.54) is 24.5 Å². The van der Waals surface area contributed by atoms with E-state index in [4.69, 9.17) is 0 Å². The van der Waals surface area contributed by atoms with Gasteiger partial charge in [-0.05, 0) is 37.0 Å². The molecule has 1 fully saturated rings. The van der Waals surface area contributed by atoms with Crippen LogP contribution in [0.4, 0.5) is 14.5 Å². The first-order valence-electron chi connectivity index (χ1n) is 8.45. The van der Waals surface area contributed by atoms with Gasteiger partial charge in [-0.1, -0.05) is 13.0 Å². The first kappa shape index (κ1) is 18.0. The molecule has 1 aliphatic heterocycles. The zero-order chi connectivity index (χ0) is 18.7. The fourth-order valence-electron chi connectivity index (χ4n) is 3.04. The number of carbonyl (C=O) groups excluding carboxylic acids is 2. The van der Waals surface area contributed by atoms with Crippen molar-refractivity contribution in [1.29, 1.82) is 0 Å². The van der Waals surface area contributed by atoms with Crippen LogP contribution >= 0.6 is 0 Å². The minimum absolute atomic E-state index is 0.0589. The number of pyridine rings is 1. The quantitative estimate of drug-likeness (QED) is 0.913. The standard InChI is InChI=1S/C19H19F2N3O2/c1-12-4-3-7-24(11-12)19(26)14-8-13(9-22-10-14)18(25)23-17-15(20)5-2-6-16(17)21/h2,5-6,8-10,12H,3-4,7,11H2,1H3,(H,23,25). The molecule has 0 bridgehead atoms. The molecule has 1 aliphatic rings. The normalized spacial score (nSPS) is 17.0. The number of rotatable bonds is 3. The Labute approximate surface area is 150 Å². The van der Waals surface area contributed by atoms with Crippen molar-refractivity contribution in [3.63, 3.8) is 0 Å². The zero-order valence-corrected chi connectivity index (χ0v) is 14.3. The van der Waals surface area contributed by atoms with Gasteiger partial charge in [-0.25, -0.2) is 8.78 Å². The van der Waals surface area contributed by atoms with E-state index in [0.717, 1.165) is 25.0 Å². The van der Waals surface area contributed by atoms with Crippen LogP contribution in [0.15, 0.2) is 36.7 Å². The molecule has 5 nitrogen and oxygen atoms in total. The number of aromatic nitrogens is 1. The Morgan fingerprint density at radius 1 is 1.19 bits per heavy atom. The molecular formula is C19H19F2N3O2. The lowest BCUT2D eigenvalue weighted by Crippen LogP contribution is -2.39. The molecule has 136 valence electrons. The summed E-state index contributed by atoms with van der Waals surface area (Å²) in [5.41, 5.74) is -0.191. The van der Waals surface area contributed by atoms with Gasteiger partial charge in [0, 0.05) is 25.5 Å². The van der Waals surface area contributed by atoms with Gasteiger partial charge < -0.3 is 10.2 Å². The Bertz CT molecular complexity index is 821. The summed E-state index contributed by atoms with van der Waals surface area (Å²) < 4.78 is 27.4. The van der Waals surface area contributed by atoms with Gasteiger partial charge in [-0.2, -0.15) is 0 Å². The first-order chi connectivity index (χ1) is 12.5. The highest BCUT2D eigenvalue weighted by molar-refractivity contribution is 6.06. The number of halogens is 2. The monoisotopic (exact) mass is 359 g/mol. The van der Waals surface area contributed by atoms with Gasteiger partial charge in [0.25, 0.3) is 11.8 Å². The van der Waals surface area contributed by atoms with Gasteiger partial charge >= 0.3 is 0 Å². The highest BCUT2D eigenvalue weighted by atomic mass is 19.1. The Morgan fingerprint density at radius 2 is 1.88 bits per heavy atom. The van der Waals surface area contributed by atoms with Crippen LogP contribution in [0, 0.1) is 17.6 Å². The van der Waals surface area contributed by atoms with Crippen molar-refractivity contribution >= 4 is 17.5 Å². The summed E-state index contributed by atoms with van der Waals surface area (Å²) in [6.45, 7) is 3.42. The molecule has 0 radical (unpaired) electrons. The van der Waals surface area contributed by atoms with Crippen LogP contribution in [-0.4, -0.2) is 34.8 Å². The summed E-state index contributed by atoms with van der Waals surface area (Å²) in [5.74, 6) is -2.25. The second-order valence-electron chi connectivity index (χ2n) is 6.51. The maximum atomic E-state index is 13.7. The van der Waals surface area contributed by atoms with Crippen molar-refractivity contribution in [2.24, 2.45) is 5.92 Å². The molecule has 1 aromatic carbocycles. The van der Waals surface area contributed by atoms with E-state index in [0.29, 0.717) is 19.0 Å². The molecule has 2 heterocycles. The fourth-order valence-corrected chi connectivity index (χ4v) is 3.04. The number of benzene rings is 1. The molecule has 0 saturated carbocycles. The molecule has 1 atom stereocenters. The van der Waals surface area contributed by atoms with Crippen LogP contribution in [0.25, 0.3) is 0 Å². The average Bonchev–Trinajstić information content (AvgIpc) is 2.64. The number of carbonyl (C=O) groups is 2. The minimum Gasteiger partial charge on any atom is -0.338 e. The number of anilines is 1. The van der Waals surface area contributed by atoms with Gasteiger partial charge in [0.1, 0.15) is 17.3 Å². The number of nitrogens with zero attached hydrogens (tertiary/aromatic N) is 2. The molecule has 0 spiro atoms. The molecule has 2 amide bonds. The second-order valence-corrected chi connectivity index (χ2v) is 6.51. The van der Waals surface area contributed by atoms with Gasteiger partial charge in [0.05, 0.1) is 11.1 Å². The third kappa shape index (κ3) is 3.87. The average molecular weight is 359 g/mol. The summed E-state index contributed by atoms with van der Waals surface area (Å²) in [5, 5.41) is 2.19. The van der Waals surface area contributed by atoms with E-state index < -0.39 is 23.2 Å². The maximum Gasteiger partial charge on any atom is 0.257 e. The van der Waals surface area contributed by atoms with E-state index in [1.807, 2.05) is 0 Å². The number of para-hydroxylation sites is 1. The van der Waals surface area contributed by atoms with Gasteiger partial charge in [0.2, 0.25) is 0 Å². The first-order valence-corrected chi connectivity index (χ1v) is 8.45. The second kappa shape index (κ2) is 7.59. The maximum absolute atomic E-state index is 13.7. The lowest BCUT2D eigenvalue weighted by Gasteiger charge is -2.30. The largest absolute Gasteiger partial charge is 0.338 e. The van der Waals surface area contributed by atoms with Crippen LogP contribution in [0.2, 0.25) is 0 Å². The lowest BCUT2D eigenvalue weighted by molar-refractivity contribution is 0.0682.